The van der Waals surface area contributed by atoms with Crippen molar-refractivity contribution in [3.05, 3.63) is 0 Å². The molecule has 0 aromatic carbocycles. The van der Waals surface area contributed by atoms with Crippen LogP contribution in [0.4, 0.5) is 4.79 Å². The summed E-state index contributed by atoms with van der Waals surface area (Å²) in [6, 6.07) is -0.263. The fourth-order valence-corrected chi connectivity index (χ4v) is 4.51. The van der Waals surface area contributed by atoms with Gasteiger partial charge >= 0.3 is 6.03 Å². The molecule has 0 aliphatic carbocycles. The molecule has 4 amide bonds. The van der Waals surface area contributed by atoms with E-state index in [1.54, 1.807) is 0 Å². The summed E-state index contributed by atoms with van der Waals surface area (Å²) in [7, 11) is 3.88. The van der Waals surface area contributed by atoms with Crippen LogP contribution in [-0.2, 0) is 9.59 Å². The number of nitrogens with zero attached hydrogens (tertiary/aromatic N) is 3. The summed E-state index contributed by atoms with van der Waals surface area (Å²) in [5, 5.41) is 3.12. The summed E-state index contributed by atoms with van der Waals surface area (Å²) in [5.74, 6) is 1.07. The minimum absolute atomic E-state index is 0.0700. The highest BCUT2D eigenvalue weighted by Gasteiger charge is 2.55. The van der Waals surface area contributed by atoms with Crippen LogP contribution >= 0.6 is 0 Å². The number of carbonyl (C=O) groups excluding carboxylic acids is 3. The van der Waals surface area contributed by atoms with Crippen molar-refractivity contribution in [3.63, 3.8) is 0 Å². The molecule has 2 aliphatic heterocycles. The van der Waals surface area contributed by atoms with Crippen LogP contribution in [0, 0.1) is 17.8 Å². The third-order valence-corrected chi connectivity index (χ3v) is 6.85. The third-order valence-electron chi connectivity index (χ3n) is 6.85. The van der Waals surface area contributed by atoms with Crippen LogP contribution in [-0.4, -0.2) is 78.4 Å². The maximum atomic E-state index is 13.5. The minimum atomic E-state index is -0.820. The van der Waals surface area contributed by atoms with Crippen molar-refractivity contribution >= 4 is 17.8 Å². The average molecular weight is 423 g/mol. The van der Waals surface area contributed by atoms with Crippen molar-refractivity contribution in [3.8, 4) is 0 Å². The molecule has 0 bridgehead atoms. The molecule has 0 aromatic heterocycles. The number of hydrogen-bond acceptors (Lipinski definition) is 4. The molecule has 2 atom stereocenters. The van der Waals surface area contributed by atoms with Gasteiger partial charge in [0.05, 0.1) is 0 Å². The Morgan fingerprint density at radius 2 is 1.83 bits per heavy atom. The Bertz CT molecular complexity index is 614. The average Bonchev–Trinajstić information content (AvgIpc) is 2.95. The van der Waals surface area contributed by atoms with Crippen LogP contribution in [0.15, 0.2) is 0 Å². The number of likely N-dealkylation sites (tertiary alicyclic amines) is 1. The number of rotatable bonds is 10. The van der Waals surface area contributed by atoms with E-state index >= 15 is 0 Å². The van der Waals surface area contributed by atoms with Gasteiger partial charge in [0.25, 0.3) is 5.91 Å². The molecule has 0 unspecified atom stereocenters. The minimum Gasteiger partial charge on any atom is -0.343 e. The van der Waals surface area contributed by atoms with Gasteiger partial charge in [0, 0.05) is 32.6 Å². The van der Waals surface area contributed by atoms with E-state index in [0.29, 0.717) is 50.9 Å². The summed E-state index contributed by atoms with van der Waals surface area (Å²) in [4.78, 5) is 44.2. The van der Waals surface area contributed by atoms with Crippen LogP contribution < -0.4 is 5.32 Å². The number of likely N-dealkylation sites (N-methyl/N-ethyl adjacent to an activating group) is 1. The van der Waals surface area contributed by atoms with Gasteiger partial charge in [0.1, 0.15) is 5.54 Å². The Labute approximate surface area is 182 Å². The number of carbonyl (C=O) groups is 3. The molecule has 0 saturated carbocycles. The second-order valence-corrected chi connectivity index (χ2v) is 9.97. The maximum Gasteiger partial charge on any atom is 0.325 e. The molecule has 7 nitrogen and oxygen atoms in total. The second-order valence-electron chi connectivity index (χ2n) is 9.97. The van der Waals surface area contributed by atoms with Gasteiger partial charge in [-0.25, -0.2) is 4.79 Å². The van der Waals surface area contributed by atoms with E-state index in [1.807, 2.05) is 23.9 Å². The fourth-order valence-electron chi connectivity index (χ4n) is 4.51. The lowest BCUT2D eigenvalue weighted by Gasteiger charge is -2.41. The van der Waals surface area contributed by atoms with Gasteiger partial charge in [-0.3, -0.25) is 14.5 Å². The zero-order valence-electron chi connectivity index (χ0n) is 19.9. The lowest BCUT2D eigenvalue weighted by Crippen LogP contribution is -2.56. The summed E-state index contributed by atoms with van der Waals surface area (Å²) in [5.41, 5.74) is -0.820. The van der Waals surface area contributed by atoms with Crippen LogP contribution in [0.3, 0.4) is 0 Å². The molecule has 0 radical (unpaired) electrons. The van der Waals surface area contributed by atoms with E-state index in [4.69, 9.17) is 0 Å². The second kappa shape index (κ2) is 10.6. The van der Waals surface area contributed by atoms with Crippen molar-refractivity contribution in [2.75, 3.05) is 40.3 Å². The van der Waals surface area contributed by atoms with E-state index < -0.39 is 5.54 Å². The molecule has 2 heterocycles. The van der Waals surface area contributed by atoms with Crippen molar-refractivity contribution < 1.29 is 14.4 Å². The first-order valence-electron chi connectivity index (χ1n) is 11.7. The normalized spacial score (nSPS) is 24.1. The van der Waals surface area contributed by atoms with Crippen molar-refractivity contribution in [1.29, 1.82) is 0 Å². The molecule has 2 rings (SSSR count). The molecule has 30 heavy (non-hydrogen) atoms. The zero-order valence-corrected chi connectivity index (χ0v) is 19.9. The van der Waals surface area contributed by atoms with Crippen molar-refractivity contribution in [1.82, 2.24) is 20.0 Å². The van der Waals surface area contributed by atoms with Crippen LogP contribution in [0.25, 0.3) is 0 Å². The molecule has 1 N–H and O–H groups in total. The van der Waals surface area contributed by atoms with E-state index in [-0.39, 0.29) is 23.8 Å². The highest BCUT2D eigenvalue weighted by Crippen LogP contribution is 2.38. The van der Waals surface area contributed by atoms with E-state index in [2.05, 4.69) is 33.0 Å². The van der Waals surface area contributed by atoms with Crippen LogP contribution in [0.1, 0.15) is 66.2 Å². The molecule has 2 aliphatic rings. The molecule has 2 fully saturated rings. The predicted molar refractivity (Wildman–Crippen MR) is 119 cm³/mol. The van der Waals surface area contributed by atoms with Crippen molar-refractivity contribution in [2.45, 2.75) is 71.8 Å². The fraction of sp³-hybridized carbons (Fsp3) is 0.870. The predicted octanol–water partition coefficient (Wildman–Crippen LogP) is 2.95. The van der Waals surface area contributed by atoms with Gasteiger partial charge in [-0.15, -0.1) is 0 Å². The molecule has 0 spiro atoms. The van der Waals surface area contributed by atoms with Gasteiger partial charge in [-0.1, -0.05) is 34.1 Å². The molecule has 0 aromatic rings. The maximum absolute atomic E-state index is 13.5. The topological polar surface area (TPSA) is 73.0 Å². The van der Waals surface area contributed by atoms with Gasteiger partial charge in [-0.2, -0.15) is 0 Å². The number of hydrogen-bond donors (Lipinski definition) is 1. The van der Waals surface area contributed by atoms with Gasteiger partial charge in [-0.05, 0) is 57.5 Å². The number of piperidine rings is 1. The summed E-state index contributed by atoms with van der Waals surface area (Å²) < 4.78 is 0. The molecular formula is C23H42N4O3. The van der Waals surface area contributed by atoms with E-state index in [1.165, 1.54) is 4.90 Å². The summed E-state index contributed by atoms with van der Waals surface area (Å²) in [6.45, 7) is 10.9. The Balaban J connectivity index is 2.11. The quantitative estimate of drug-likeness (QED) is 0.550. The van der Waals surface area contributed by atoms with Gasteiger partial charge in [0.2, 0.25) is 5.91 Å². The first kappa shape index (κ1) is 24.6. The van der Waals surface area contributed by atoms with Crippen LogP contribution in [0.2, 0.25) is 0 Å². The first-order valence-corrected chi connectivity index (χ1v) is 11.7. The Morgan fingerprint density at radius 1 is 1.20 bits per heavy atom. The number of amides is 4. The van der Waals surface area contributed by atoms with Crippen LogP contribution in [0.5, 0.6) is 0 Å². The number of imide groups is 1. The molecule has 172 valence electrons. The van der Waals surface area contributed by atoms with E-state index in [0.717, 1.165) is 25.7 Å². The lowest BCUT2D eigenvalue weighted by molar-refractivity contribution is -0.136. The smallest absolute Gasteiger partial charge is 0.325 e. The SMILES string of the molecule is CC[C@@H](C)CC(=O)N1CCC([C@@]2(CCC(C)C)NC(=O)N(CCN(C)C)C2=O)CC1. The highest BCUT2D eigenvalue weighted by molar-refractivity contribution is 6.07. The monoisotopic (exact) mass is 422 g/mol. The summed E-state index contributed by atoms with van der Waals surface area (Å²) in [6.07, 6.45) is 4.67. The third kappa shape index (κ3) is 5.74. The molecular weight excluding hydrogens is 380 g/mol. The first-order chi connectivity index (χ1) is 14.1. The lowest BCUT2D eigenvalue weighted by atomic mass is 9.73. The van der Waals surface area contributed by atoms with Gasteiger partial charge < -0.3 is 15.1 Å². The molecule has 2 saturated heterocycles. The zero-order chi connectivity index (χ0) is 22.5. The van der Waals surface area contributed by atoms with E-state index in [9.17, 15) is 14.4 Å². The van der Waals surface area contributed by atoms with Crippen molar-refractivity contribution in [2.24, 2.45) is 17.8 Å². The Hall–Kier alpha value is -1.63. The largest absolute Gasteiger partial charge is 0.343 e. The number of urea groups is 1. The molecule has 7 heteroatoms. The van der Waals surface area contributed by atoms with Gasteiger partial charge in [0.15, 0.2) is 0 Å². The summed E-state index contributed by atoms with van der Waals surface area (Å²) >= 11 is 0. The number of nitrogens with one attached hydrogen (secondary N) is 1. The standard InChI is InChI=1S/C23H42N4O3/c1-7-18(4)16-20(28)26-12-9-19(10-13-26)23(11-8-17(2)3)21(29)27(22(30)24-23)15-14-25(5)6/h17-19H,7-16H2,1-6H3,(H,24,30)/t18-,23-/m1/s1. The Morgan fingerprint density at radius 3 is 2.37 bits per heavy atom. The Kier molecular flexibility index (Phi) is 8.71. The highest BCUT2D eigenvalue weighted by atomic mass is 16.2.